The van der Waals surface area contributed by atoms with Crippen molar-refractivity contribution in [1.29, 1.82) is 0 Å². The molecule has 12 heavy (non-hydrogen) atoms. The molecule has 0 aliphatic heterocycles. The van der Waals surface area contributed by atoms with Crippen molar-refractivity contribution in [1.82, 2.24) is 19.5 Å². The van der Waals surface area contributed by atoms with Crippen LogP contribution >= 0.6 is 0 Å². The topological polar surface area (TPSA) is 46.5 Å². The molecule has 0 spiro atoms. The molecule has 1 N–H and O–H groups in total. The minimum absolute atomic E-state index is 0.763. The van der Waals surface area contributed by atoms with Crippen LogP contribution in [-0.4, -0.2) is 19.5 Å². The SMILES string of the molecule is Cc1nccn1Cc1ncc[nH]1. The number of nitrogens with one attached hydrogen (secondary N) is 1. The maximum atomic E-state index is 4.13. The Labute approximate surface area is 70.3 Å². The van der Waals surface area contributed by atoms with E-state index in [1.165, 1.54) is 0 Å². The van der Waals surface area contributed by atoms with Gasteiger partial charge in [0.1, 0.15) is 11.6 Å². The van der Waals surface area contributed by atoms with Gasteiger partial charge in [-0.2, -0.15) is 0 Å². The molecular weight excluding hydrogens is 152 g/mol. The van der Waals surface area contributed by atoms with Gasteiger partial charge in [0, 0.05) is 24.8 Å². The summed E-state index contributed by atoms with van der Waals surface area (Å²) >= 11 is 0. The van der Waals surface area contributed by atoms with Gasteiger partial charge in [-0.05, 0) is 6.92 Å². The van der Waals surface area contributed by atoms with Crippen LogP contribution in [0.3, 0.4) is 0 Å². The first-order valence-corrected chi connectivity index (χ1v) is 3.82. The summed E-state index contributed by atoms with van der Waals surface area (Å²) in [6, 6.07) is 0. The molecule has 2 rings (SSSR count). The Morgan fingerprint density at radius 1 is 1.42 bits per heavy atom. The molecule has 0 fully saturated rings. The average Bonchev–Trinajstić information content (AvgIpc) is 2.65. The lowest BCUT2D eigenvalue weighted by Gasteiger charge is -2.00. The number of nitrogens with zero attached hydrogens (tertiary/aromatic N) is 3. The molecule has 0 saturated carbocycles. The van der Waals surface area contributed by atoms with E-state index in [0.29, 0.717) is 0 Å². The number of hydrogen-bond donors (Lipinski definition) is 1. The van der Waals surface area contributed by atoms with Gasteiger partial charge in [0.2, 0.25) is 0 Å². The number of aromatic amines is 1. The Bertz CT molecular complexity index is 347. The molecule has 4 heteroatoms. The Morgan fingerprint density at radius 3 is 2.92 bits per heavy atom. The fraction of sp³-hybridized carbons (Fsp3) is 0.250. The van der Waals surface area contributed by atoms with Gasteiger partial charge in [-0.15, -0.1) is 0 Å². The standard InChI is InChI=1S/C8H10N4/c1-7-9-4-5-12(7)6-8-10-2-3-11-8/h2-5H,6H2,1H3,(H,10,11). The predicted molar refractivity (Wildman–Crippen MR) is 44.7 cm³/mol. The predicted octanol–water partition coefficient (Wildman–Crippen LogP) is 0.963. The van der Waals surface area contributed by atoms with Crippen LogP contribution in [0.25, 0.3) is 0 Å². The lowest BCUT2D eigenvalue weighted by atomic mass is 10.5. The Balaban J connectivity index is 2.20. The van der Waals surface area contributed by atoms with Crippen LogP contribution in [0.5, 0.6) is 0 Å². The molecule has 2 heterocycles. The van der Waals surface area contributed by atoms with Gasteiger partial charge in [0.25, 0.3) is 0 Å². The van der Waals surface area contributed by atoms with Crippen molar-refractivity contribution in [2.75, 3.05) is 0 Å². The average molecular weight is 162 g/mol. The largest absolute Gasteiger partial charge is 0.347 e. The molecule has 0 aliphatic rings. The maximum Gasteiger partial charge on any atom is 0.126 e. The summed E-state index contributed by atoms with van der Waals surface area (Å²) < 4.78 is 2.04. The monoisotopic (exact) mass is 162 g/mol. The third-order valence-corrected chi connectivity index (χ3v) is 1.80. The molecule has 0 aliphatic carbocycles. The summed E-state index contributed by atoms with van der Waals surface area (Å²) in [7, 11) is 0. The zero-order chi connectivity index (χ0) is 8.39. The number of hydrogen-bond acceptors (Lipinski definition) is 2. The van der Waals surface area contributed by atoms with Gasteiger partial charge in [-0.25, -0.2) is 9.97 Å². The quantitative estimate of drug-likeness (QED) is 0.715. The smallest absolute Gasteiger partial charge is 0.126 e. The first kappa shape index (κ1) is 7.09. The molecule has 2 aromatic heterocycles. The first-order valence-electron chi connectivity index (χ1n) is 3.82. The van der Waals surface area contributed by atoms with Gasteiger partial charge in [0.15, 0.2) is 0 Å². The van der Waals surface area contributed by atoms with Crippen LogP contribution in [0.15, 0.2) is 24.8 Å². The summed E-state index contributed by atoms with van der Waals surface area (Å²) in [5.74, 6) is 1.96. The highest BCUT2D eigenvalue weighted by molar-refractivity contribution is 4.95. The second-order valence-corrected chi connectivity index (χ2v) is 2.64. The number of rotatable bonds is 2. The number of H-pyrrole nitrogens is 1. The van der Waals surface area contributed by atoms with E-state index in [2.05, 4.69) is 15.0 Å². The van der Waals surface area contributed by atoms with Gasteiger partial charge in [-0.1, -0.05) is 0 Å². The molecule has 0 saturated heterocycles. The fourth-order valence-electron chi connectivity index (χ4n) is 1.12. The van der Waals surface area contributed by atoms with Crippen molar-refractivity contribution < 1.29 is 0 Å². The summed E-state index contributed by atoms with van der Waals surface area (Å²) in [5, 5.41) is 0. The Morgan fingerprint density at radius 2 is 2.33 bits per heavy atom. The first-order chi connectivity index (χ1) is 5.86. The highest BCUT2D eigenvalue weighted by Gasteiger charge is 1.98. The van der Waals surface area contributed by atoms with E-state index in [1.807, 2.05) is 23.9 Å². The van der Waals surface area contributed by atoms with E-state index < -0.39 is 0 Å². The molecule has 0 aromatic carbocycles. The third kappa shape index (κ3) is 1.23. The molecular formula is C8H10N4. The van der Waals surface area contributed by atoms with Gasteiger partial charge in [0.05, 0.1) is 6.54 Å². The van der Waals surface area contributed by atoms with Crippen molar-refractivity contribution in [3.63, 3.8) is 0 Å². The van der Waals surface area contributed by atoms with Crippen molar-refractivity contribution >= 4 is 0 Å². The highest BCUT2D eigenvalue weighted by atomic mass is 15.1. The zero-order valence-corrected chi connectivity index (χ0v) is 6.86. The molecule has 0 radical (unpaired) electrons. The van der Waals surface area contributed by atoms with Crippen LogP contribution in [-0.2, 0) is 6.54 Å². The van der Waals surface area contributed by atoms with Gasteiger partial charge >= 0.3 is 0 Å². The van der Waals surface area contributed by atoms with Crippen LogP contribution in [0, 0.1) is 6.92 Å². The second-order valence-electron chi connectivity index (χ2n) is 2.64. The summed E-state index contributed by atoms with van der Waals surface area (Å²) in [4.78, 5) is 11.3. The minimum Gasteiger partial charge on any atom is -0.347 e. The summed E-state index contributed by atoms with van der Waals surface area (Å²) in [6.07, 6.45) is 7.30. The van der Waals surface area contributed by atoms with Crippen molar-refractivity contribution in [2.24, 2.45) is 0 Å². The van der Waals surface area contributed by atoms with Crippen molar-refractivity contribution in [2.45, 2.75) is 13.5 Å². The summed E-state index contributed by atoms with van der Waals surface area (Å²) in [6.45, 7) is 2.74. The van der Waals surface area contributed by atoms with E-state index in [0.717, 1.165) is 18.2 Å². The van der Waals surface area contributed by atoms with Crippen LogP contribution in [0.1, 0.15) is 11.6 Å². The molecule has 0 bridgehead atoms. The normalized spacial score (nSPS) is 10.4. The van der Waals surface area contributed by atoms with E-state index in [4.69, 9.17) is 0 Å². The number of imidazole rings is 2. The fourth-order valence-corrected chi connectivity index (χ4v) is 1.12. The molecule has 4 nitrogen and oxygen atoms in total. The third-order valence-electron chi connectivity index (χ3n) is 1.80. The van der Waals surface area contributed by atoms with E-state index >= 15 is 0 Å². The van der Waals surface area contributed by atoms with Crippen LogP contribution < -0.4 is 0 Å². The molecule has 0 atom stereocenters. The van der Waals surface area contributed by atoms with E-state index in [9.17, 15) is 0 Å². The highest BCUT2D eigenvalue weighted by Crippen LogP contribution is 1.98. The molecule has 62 valence electrons. The Hall–Kier alpha value is -1.58. The van der Waals surface area contributed by atoms with E-state index in [1.54, 1.807) is 12.4 Å². The van der Waals surface area contributed by atoms with E-state index in [-0.39, 0.29) is 0 Å². The number of aromatic nitrogens is 4. The van der Waals surface area contributed by atoms with Crippen LogP contribution in [0.4, 0.5) is 0 Å². The zero-order valence-electron chi connectivity index (χ0n) is 6.86. The van der Waals surface area contributed by atoms with Gasteiger partial charge in [-0.3, -0.25) is 0 Å². The molecule has 0 unspecified atom stereocenters. The Kier molecular flexibility index (Phi) is 1.66. The van der Waals surface area contributed by atoms with Crippen molar-refractivity contribution in [3.05, 3.63) is 36.4 Å². The summed E-state index contributed by atoms with van der Waals surface area (Å²) in [5.41, 5.74) is 0. The van der Waals surface area contributed by atoms with Gasteiger partial charge < -0.3 is 9.55 Å². The minimum atomic E-state index is 0.763. The number of aryl methyl sites for hydroxylation is 1. The van der Waals surface area contributed by atoms with Crippen LogP contribution in [0.2, 0.25) is 0 Å². The lowest BCUT2D eigenvalue weighted by Crippen LogP contribution is -2.01. The molecule has 0 amide bonds. The van der Waals surface area contributed by atoms with Crippen molar-refractivity contribution in [3.8, 4) is 0 Å². The maximum absolute atomic E-state index is 4.13. The lowest BCUT2D eigenvalue weighted by molar-refractivity contribution is 0.727. The second kappa shape index (κ2) is 2.81. The molecule has 2 aromatic rings.